The third-order valence-corrected chi connectivity index (χ3v) is 5.92. The zero-order valence-electron chi connectivity index (χ0n) is 13.0. The summed E-state index contributed by atoms with van der Waals surface area (Å²) in [6, 6.07) is 6.05. The lowest BCUT2D eigenvalue weighted by atomic mass is 9.82. The Labute approximate surface area is 131 Å². The second kappa shape index (κ2) is 6.07. The Bertz CT molecular complexity index is 498. The summed E-state index contributed by atoms with van der Waals surface area (Å²) in [7, 11) is 0. The Balaban J connectivity index is 1.72. The van der Waals surface area contributed by atoms with E-state index in [2.05, 4.69) is 24.1 Å². The van der Waals surface area contributed by atoms with Crippen LogP contribution in [0.15, 0.2) is 18.2 Å². The minimum Gasteiger partial charge on any atom is -0.381 e. The van der Waals surface area contributed by atoms with Crippen LogP contribution in [0.5, 0.6) is 0 Å². The second-order valence-corrected chi connectivity index (χ2v) is 8.02. The van der Waals surface area contributed by atoms with E-state index < -0.39 is 0 Å². The van der Waals surface area contributed by atoms with Gasteiger partial charge in [0.15, 0.2) is 0 Å². The van der Waals surface area contributed by atoms with Gasteiger partial charge in [0.25, 0.3) is 0 Å². The highest BCUT2D eigenvalue weighted by Crippen LogP contribution is 2.36. The average molecular weight is 308 g/mol. The summed E-state index contributed by atoms with van der Waals surface area (Å²) in [5.41, 5.74) is 1.95. The van der Waals surface area contributed by atoms with E-state index in [0.717, 1.165) is 30.2 Å². The zero-order chi connectivity index (χ0) is 14.9. The van der Waals surface area contributed by atoms with Crippen molar-refractivity contribution in [2.45, 2.75) is 39.2 Å². The predicted octanol–water partition coefficient (Wildman–Crippen LogP) is 4.37. The van der Waals surface area contributed by atoms with Gasteiger partial charge in [-0.15, -0.1) is 0 Å². The van der Waals surface area contributed by atoms with Crippen LogP contribution in [0.3, 0.4) is 0 Å². The van der Waals surface area contributed by atoms with Crippen molar-refractivity contribution in [1.82, 2.24) is 0 Å². The van der Waals surface area contributed by atoms with E-state index in [4.69, 9.17) is 0 Å². The molecular formula is C17H25FN2S. The van der Waals surface area contributed by atoms with Crippen LogP contribution in [0, 0.1) is 11.2 Å². The minimum absolute atomic E-state index is 0.0943. The van der Waals surface area contributed by atoms with Crippen molar-refractivity contribution in [3.63, 3.8) is 0 Å². The normalized spacial score (nSPS) is 25.1. The number of benzene rings is 1. The van der Waals surface area contributed by atoms with Gasteiger partial charge in [-0.3, -0.25) is 0 Å². The van der Waals surface area contributed by atoms with Crippen LogP contribution >= 0.6 is 11.8 Å². The number of nitrogens with one attached hydrogen (secondary N) is 1. The molecule has 2 fully saturated rings. The number of rotatable bonds is 3. The van der Waals surface area contributed by atoms with Crippen molar-refractivity contribution in [2.75, 3.05) is 34.8 Å². The molecule has 21 heavy (non-hydrogen) atoms. The molecule has 1 N–H and O–H groups in total. The smallest absolute Gasteiger partial charge is 0.148 e. The van der Waals surface area contributed by atoms with Crippen LogP contribution in [0.25, 0.3) is 0 Å². The van der Waals surface area contributed by atoms with Gasteiger partial charge in [0.2, 0.25) is 0 Å². The standard InChI is InChI=1S/C17H25FN2S/c1-17(2)7-10-21-12-16(17)19-13-5-6-15(14(18)11-13)20-8-3-4-9-20/h5-6,11,16,19H,3-4,7-10,12H2,1-2H3. The van der Waals surface area contributed by atoms with E-state index in [9.17, 15) is 4.39 Å². The number of halogens is 1. The van der Waals surface area contributed by atoms with Crippen molar-refractivity contribution in [2.24, 2.45) is 5.41 Å². The fourth-order valence-electron chi connectivity index (χ4n) is 3.19. The van der Waals surface area contributed by atoms with E-state index in [-0.39, 0.29) is 11.2 Å². The number of hydrogen-bond acceptors (Lipinski definition) is 3. The van der Waals surface area contributed by atoms with Gasteiger partial charge in [-0.1, -0.05) is 13.8 Å². The summed E-state index contributed by atoms with van der Waals surface area (Å²) in [4.78, 5) is 2.15. The van der Waals surface area contributed by atoms with Crippen molar-refractivity contribution in [3.05, 3.63) is 24.0 Å². The molecule has 1 aromatic carbocycles. The van der Waals surface area contributed by atoms with Crippen LogP contribution in [0.1, 0.15) is 33.1 Å². The molecular weight excluding hydrogens is 283 g/mol. The topological polar surface area (TPSA) is 15.3 Å². The summed E-state index contributed by atoms with van der Waals surface area (Å²) >= 11 is 1.99. The molecule has 0 saturated carbocycles. The molecule has 2 saturated heterocycles. The molecule has 1 unspecified atom stereocenters. The van der Waals surface area contributed by atoms with Crippen molar-refractivity contribution < 1.29 is 4.39 Å². The summed E-state index contributed by atoms with van der Waals surface area (Å²) < 4.78 is 14.4. The Morgan fingerprint density at radius 1 is 1.29 bits per heavy atom. The van der Waals surface area contributed by atoms with Gasteiger partial charge in [-0.05, 0) is 48.6 Å². The molecule has 0 radical (unpaired) electrons. The maximum atomic E-state index is 14.4. The van der Waals surface area contributed by atoms with E-state index in [1.807, 2.05) is 23.9 Å². The Morgan fingerprint density at radius 3 is 2.71 bits per heavy atom. The Hall–Kier alpha value is -0.900. The summed E-state index contributed by atoms with van der Waals surface area (Å²) in [6.45, 7) is 6.57. The molecule has 2 aliphatic rings. The first kappa shape index (κ1) is 15.0. The molecule has 4 heteroatoms. The molecule has 1 atom stereocenters. The Morgan fingerprint density at radius 2 is 2.05 bits per heavy atom. The molecule has 0 bridgehead atoms. The largest absolute Gasteiger partial charge is 0.381 e. The van der Waals surface area contributed by atoms with E-state index in [0.29, 0.717) is 6.04 Å². The number of anilines is 2. The molecule has 0 aliphatic carbocycles. The van der Waals surface area contributed by atoms with E-state index >= 15 is 0 Å². The fraction of sp³-hybridized carbons (Fsp3) is 0.647. The second-order valence-electron chi connectivity index (χ2n) is 6.87. The average Bonchev–Trinajstić information content (AvgIpc) is 2.95. The highest BCUT2D eigenvalue weighted by molar-refractivity contribution is 7.99. The molecule has 0 amide bonds. The van der Waals surface area contributed by atoms with Crippen LogP contribution in [-0.4, -0.2) is 30.6 Å². The Kier molecular flexibility index (Phi) is 4.34. The lowest BCUT2D eigenvalue weighted by Crippen LogP contribution is -2.41. The number of nitrogens with zero attached hydrogens (tertiary/aromatic N) is 1. The monoisotopic (exact) mass is 308 g/mol. The van der Waals surface area contributed by atoms with Crippen LogP contribution in [0.4, 0.5) is 15.8 Å². The third kappa shape index (κ3) is 3.31. The van der Waals surface area contributed by atoms with Crippen LogP contribution in [-0.2, 0) is 0 Å². The third-order valence-electron chi connectivity index (χ3n) is 4.85. The summed E-state index contributed by atoms with van der Waals surface area (Å²) in [6.07, 6.45) is 3.56. The van der Waals surface area contributed by atoms with E-state index in [1.165, 1.54) is 25.0 Å². The van der Waals surface area contributed by atoms with Crippen molar-refractivity contribution >= 4 is 23.1 Å². The van der Waals surface area contributed by atoms with Crippen LogP contribution in [0.2, 0.25) is 0 Å². The quantitative estimate of drug-likeness (QED) is 0.892. The molecule has 116 valence electrons. The maximum absolute atomic E-state index is 14.4. The van der Waals surface area contributed by atoms with Crippen molar-refractivity contribution in [3.8, 4) is 0 Å². The highest BCUT2D eigenvalue weighted by Gasteiger charge is 2.32. The molecule has 0 aromatic heterocycles. The first-order valence-electron chi connectivity index (χ1n) is 7.95. The molecule has 2 heterocycles. The highest BCUT2D eigenvalue weighted by atomic mass is 32.2. The van der Waals surface area contributed by atoms with Crippen molar-refractivity contribution in [1.29, 1.82) is 0 Å². The van der Waals surface area contributed by atoms with Gasteiger partial charge in [0.05, 0.1) is 5.69 Å². The minimum atomic E-state index is -0.0943. The SMILES string of the molecule is CC1(C)CCSCC1Nc1ccc(N2CCCC2)c(F)c1. The lowest BCUT2D eigenvalue weighted by molar-refractivity contribution is 0.305. The van der Waals surface area contributed by atoms with E-state index in [1.54, 1.807) is 6.07 Å². The van der Waals surface area contributed by atoms with Crippen LogP contribution < -0.4 is 10.2 Å². The summed E-state index contributed by atoms with van der Waals surface area (Å²) in [5.74, 6) is 2.24. The molecule has 0 spiro atoms. The number of hydrogen-bond donors (Lipinski definition) is 1. The molecule has 2 aliphatic heterocycles. The summed E-state index contributed by atoms with van der Waals surface area (Å²) in [5, 5.41) is 3.55. The fourth-order valence-corrected chi connectivity index (χ4v) is 4.79. The van der Waals surface area contributed by atoms with Gasteiger partial charge in [0.1, 0.15) is 5.82 Å². The maximum Gasteiger partial charge on any atom is 0.148 e. The molecule has 3 rings (SSSR count). The molecule has 2 nitrogen and oxygen atoms in total. The lowest BCUT2D eigenvalue weighted by Gasteiger charge is -2.39. The van der Waals surface area contributed by atoms with Gasteiger partial charge in [0, 0.05) is 30.6 Å². The predicted molar refractivity (Wildman–Crippen MR) is 91.0 cm³/mol. The first-order chi connectivity index (χ1) is 10.1. The van der Waals surface area contributed by atoms with Gasteiger partial charge < -0.3 is 10.2 Å². The zero-order valence-corrected chi connectivity index (χ0v) is 13.8. The first-order valence-corrected chi connectivity index (χ1v) is 9.10. The van der Waals surface area contributed by atoms with Gasteiger partial charge >= 0.3 is 0 Å². The van der Waals surface area contributed by atoms with Gasteiger partial charge in [-0.25, -0.2) is 4.39 Å². The molecule has 1 aromatic rings. The van der Waals surface area contributed by atoms with Gasteiger partial charge in [-0.2, -0.15) is 11.8 Å². The number of thioether (sulfide) groups is 1.